The first-order valence-electron chi connectivity index (χ1n) is 9.11. The summed E-state index contributed by atoms with van der Waals surface area (Å²) in [4.78, 5) is 19.3. The quantitative estimate of drug-likeness (QED) is 0.928. The van der Waals surface area contributed by atoms with E-state index in [1.54, 1.807) is 6.20 Å². The van der Waals surface area contributed by atoms with Crippen LogP contribution in [0.2, 0.25) is 0 Å². The number of aromatic nitrogens is 3. The number of carbonyl (C=O) groups is 1. The van der Waals surface area contributed by atoms with Crippen molar-refractivity contribution >= 4 is 5.91 Å². The van der Waals surface area contributed by atoms with Crippen molar-refractivity contribution in [3.8, 4) is 0 Å². The van der Waals surface area contributed by atoms with Gasteiger partial charge < -0.3 is 9.64 Å². The van der Waals surface area contributed by atoms with E-state index in [2.05, 4.69) is 21.2 Å². The number of amides is 1. The Labute approximate surface area is 147 Å². The Kier molecular flexibility index (Phi) is 4.78. The number of hydrogen-bond acceptors (Lipinski definition) is 4. The molecular formula is C19H24N4O2. The van der Waals surface area contributed by atoms with E-state index in [9.17, 15) is 4.79 Å². The summed E-state index contributed by atoms with van der Waals surface area (Å²) in [5.74, 6) is 0.973. The van der Waals surface area contributed by atoms with Gasteiger partial charge in [-0.2, -0.15) is 5.10 Å². The Balaban J connectivity index is 1.36. The summed E-state index contributed by atoms with van der Waals surface area (Å²) >= 11 is 0. The fraction of sp³-hybridized carbons (Fsp3) is 0.526. The number of ether oxygens (including phenoxy) is 1. The molecule has 0 radical (unpaired) electrons. The topological polar surface area (TPSA) is 71.1 Å². The van der Waals surface area contributed by atoms with Gasteiger partial charge in [-0.05, 0) is 43.7 Å². The van der Waals surface area contributed by atoms with Gasteiger partial charge in [-0.15, -0.1) is 0 Å². The number of nitrogens with zero attached hydrogens (tertiary/aromatic N) is 3. The van der Waals surface area contributed by atoms with Crippen LogP contribution in [0.25, 0.3) is 0 Å². The molecule has 132 valence electrons. The molecule has 0 bridgehead atoms. The van der Waals surface area contributed by atoms with E-state index in [0.29, 0.717) is 12.5 Å². The van der Waals surface area contributed by atoms with Crippen molar-refractivity contribution in [3.05, 3.63) is 47.5 Å². The van der Waals surface area contributed by atoms with Gasteiger partial charge in [-0.25, -0.2) is 0 Å². The average Bonchev–Trinajstić information content (AvgIpc) is 3.34. The first-order chi connectivity index (χ1) is 12.3. The minimum Gasteiger partial charge on any atom is -0.381 e. The van der Waals surface area contributed by atoms with Crippen LogP contribution in [0.4, 0.5) is 0 Å². The van der Waals surface area contributed by atoms with Gasteiger partial charge in [0, 0.05) is 37.5 Å². The molecule has 0 aromatic carbocycles. The van der Waals surface area contributed by atoms with Crippen LogP contribution < -0.4 is 0 Å². The number of pyridine rings is 1. The number of hydrogen-bond donors (Lipinski definition) is 1. The summed E-state index contributed by atoms with van der Waals surface area (Å²) in [5.41, 5.74) is 2.81. The second kappa shape index (κ2) is 7.35. The molecule has 0 spiro atoms. The van der Waals surface area contributed by atoms with Crippen molar-refractivity contribution in [3.63, 3.8) is 0 Å². The van der Waals surface area contributed by atoms with Crippen LogP contribution in [-0.2, 0) is 11.2 Å². The first-order valence-corrected chi connectivity index (χ1v) is 9.11. The number of rotatable bonds is 4. The SMILES string of the molecule is O=C(c1cn[nH]c1C1CCOC1)N1CCC(Cc2ccccn2)CC1. The van der Waals surface area contributed by atoms with E-state index in [0.717, 1.165) is 62.3 Å². The largest absolute Gasteiger partial charge is 0.381 e. The van der Waals surface area contributed by atoms with Gasteiger partial charge >= 0.3 is 0 Å². The highest BCUT2D eigenvalue weighted by molar-refractivity contribution is 5.95. The monoisotopic (exact) mass is 340 g/mol. The van der Waals surface area contributed by atoms with Crippen LogP contribution in [-0.4, -0.2) is 52.3 Å². The van der Waals surface area contributed by atoms with Crippen LogP contribution in [0, 0.1) is 5.92 Å². The molecule has 1 N–H and O–H groups in total. The fourth-order valence-corrected chi connectivity index (χ4v) is 3.87. The lowest BCUT2D eigenvalue weighted by atomic mass is 9.91. The highest BCUT2D eigenvalue weighted by atomic mass is 16.5. The molecule has 2 aliphatic heterocycles. The predicted octanol–water partition coefficient (Wildman–Crippen LogP) is 2.40. The third kappa shape index (κ3) is 3.58. The van der Waals surface area contributed by atoms with Crippen molar-refractivity contribution in [1.82, 2.24) is 20.1 Å². The summed E-state index contributed by atoms with van der Waals surface area (Å²) in [5, 5.41) is 7.14. The molecule has 4 rings (SSSR count). The Morgan fingerprint density at radius 3 is 2.88 bits per heavy atom. The normalized spacial score (nSPS) is 21.6. The van der Waals surface area contributed by atoms with Crippen LogP contribution >= 0.6 is 0 Å². The third-order valence-electron chi connectivity index (χ3n) is 5.36. The second-order valence-corrected chi connectivity index (χ2v) is 7.02. The van der Waals surface area contributed by atoms with Gasteiger partial charge in [0.25, 0.3) is 5.91 Å². The molecule has 2 fully saturated rings. The highest BCUT2D eigenvalue weighted by Gasteiger charge is 2.29. The standard InChI is InChI=1S/C19H24N4O2/c24-19(17-12-21-22-18(17)15-6-10-25-13-15)23-8-4-14(5-9-23)11-16-3-1-2-7-20-16/h1-3,7,12,14-15H,4-6,8-11,13H2,(H,21,22). The van der Waals surface area contributed by atoms with Crippen molar-refractivity contribution in [2.45, 2.75) is 31.6 Å². The molecule has 0 saturated carbocycles. The maximum atomic E-state index is 12.9. The molecule has 6 nitrogen and oxygen atoms in total. The van der Waals surface area contributed by atoms with Crippen molar-refractivity contribution in [2.24, 2.45) is 5.92 Å². The summed E-state index contributed by atoms with van der Waals surface area (Å²) in [6, 6.07) is 6.07. The van der Waals surface area contributed by atoms with Crippen molar-refractivity contribution in [2.75, 3.05) is 26.3 Å². The third-order valence-corrected chi connectivity index (χ3v) is 5.36. The molecule has 25 heavy (non-hydrogen) atoms. The molecule has 1 unspecified atom stereocenters. The van der Waals surface area contributed by atoms with Gasteiger partial charge in [-0.1, -0.05) is 6.07 Å². The highest BCUT2D eigenvalue weighted by Crippen LogP contribution is 2.28. The second-order valence-electron chi connectivity index (χ2n) is 7.02. The zero-order valence-corrected chi connectivity index (χ0v) is 14.4. The summed E-state index contributed by atoms with van der Waals surface area (Å²) in [7, 11) is 0. The fourth-order valence-electron chi connectivity index (χ4n) is 3.87. The van der Waals surface area contributed by atoms with Crippen LogP contribution in [0.15, 0.2) is 30.6 Å². The smallest absolute Gasteiger partial charge is 0.257 e. The Hall–Kier alpha value is -2.21. The van der Waals surface area contributed by atoms with E-state index in [1.165, 1.54) is 0 Å². The number of aromatic amines is 1. The Morgan fingerprint density at radius 2 is 2.16 bits per heavy atom. The molecule has 4 heterocycles. The summed E-state index contributed by atoms with van der Waals surface area (Å²) in [6.45, 7) is 3.05. The number of H-pyrrole nitrogens is 1. The van der Waals surface area contributed by atoms with Gasteiger partial charge in [0.15, 0.2) is 0 Å². The lowest BCUT2D eigenvalue weighted by Crippen LogP contribution is -2.39. The number of carbonyl (C=O) groups excluding carboxylic acids is 1. The van der Waals surface area contributed by atoms with E-state index < -0.39 is 0 Å². The van der Waals surface area contributed by atoms with Crippen molar-refractivity contribution in [1.29, 1.82) is 0 Å². The van der Waals surface area contributed by atoms with Gasteiger partial charge in [0.05, 0.1) is 24.1 Å². The molecule has 1 amide bonds. The Morgan fingerprint density at radius 1 is 1.28 bits per heavy atom. The van der Waals surface area contributed by atoms with E-state index in [-0.39, 0.29) is 11.8 Å². The van der Waals surface area contributed by atoms with Crippen LogP contribution in [0.3, 0.4) is 0 Å². The summed E-state index contributed by atoms with van der Waals surface area (Å²) < 4.78 is 5.45. The molecule has 2 aliphatic rings. The minimum atomic E-state index is 0.104. The predicted molar refractivity (Wildman–Crippen MR) is 93.3 cm³/mol. The van der Waals surface area contributed by atoms with E-state index in [1.807, 2.05) is 23.2 Å². The molecule has 2 saturated heterocycles. The van der Waals surface area contributed by atoms with Crippen molar-refractivity contribution < 1.29 is 9.53 Å². The average molecular weight is 340 g/mol. The van der Waals surface area contributed by atoms with Gasteiger partial charge in [0.1, 0.15) is 0 Å². The molecular weight excluding hydrogens is 316 g/mol. The number of nitrogens with one attached hydrogen (secondary N) is 1. The number of likely N-dealkylation sites (tertiary alicyclic amines) is 1. The van der Waals surface area contributed by atoms with E-state index in [4.69, 9.17) is 4.74 Å². The lowest BCUT2D eigenvalue weighted by molar-refractivity contribution is 0.0688. The van der Waals surface area contributed by atoms with Gasteiger partial charge in [-0.3, -0.25) is 14.9 Å². The summed E-state index contributed by atoms with van der Waals surface area (Å²) in [6.07, 6.45) is 7.54. The minimum absolute atomic E-state index is 0.104. The maximum absolute atomic E-state index is 12.9. The van der Waals surface area contributed by atoms with Crippen LogP contribution in [0.5, 0.6) is 0 Å². The molecule has 0 aliphatic carbocycles. The molecule has 2 aromatic heterocycles. The lowest BCUT2D eigenvalue weighted by Gasteiger charge is -2.32. The van der Waals surface area contributed by atoms with Gasteiger partial charge in [0.2, 0.25) is 0 Å². The van der Waals surface area contributed by atoms with Crippen LogP contribution in [0.1, 0.15) is 46.9 Å². The molecule has 1 atom stereocenters. The van der Waals surface area contributed by atoms with E-state index >= 15 is 0 Å². The Bertz CT molecular complexity index is 701. The maximum Gasteiger partial charge on any atom is 0.257 e. The zero-order valence-electron chi connectivity index (χ0n) is 14.4. The number of piperidine rings is 1. The first kappa shape index (κ1) is 16.3. The molecule has 2 aromatic rings. The zero-order chi connectivity index (χ0) is 17.1. The molecule has 6 heteroatoms.